The SMILES string of the molecule is CC(=O)N1CCNCC1.COc1cc2c(Oc3ccc4[nH]ccc4c3)ncnc2cc1OCCCBr.COc1cc2c(Oc3ccc4[nH]ccc4c3)ncnc2cc1OCCCN1CCN(C(C)=O)CC1. The fourth-order valence-electron chi connectivity index (χ4n) is 8.17. The van der Waals surface area contributed by atoms with Crippen LogP contribution in [0.25, 0.3) is 43.6 Å². The summed E-state index contributed by atoms with van der Waals surface area (Å²) in [6.45, 7) is 12.3. The lowest BCUT2D eigenvalue weighted by molar-refractivity contribution is -0.130. The highest BCUT2D eigenvalue weighted by Gasteiger charge is 2.19. The molecule has 4 aromatic heterocycles. The second-order valence-corrected chi connectivity index (χ2v) is 17.5. The van der Waals surface area contributed by atoms with E-state index in [9.17, 15) is 9.59 Å². The maximum atomic E-state index is 11.5. The summed E-state index contributed by atoms with van der Waals surface area (Å²) in [7, 11) is 3.23. The third kappa shape index (κ3) is 13.2. The lowest BCUT2D eigenvalue weighted by Crippen LogP contribution is -2.48. The fourth-order valence-corrected chi connectivity index (χ4v) is 8.40. The van der Waals surface area contributed by atoms with Crippen LogP contribution in [-0.4, -0.2) is 148 Å². The van der Waals surface area contributed by atoms with Crippen molar-refractivity contribution in [3.8, 4) is 46.3 Å². The van der Waals surface area contributed by atoms with E-state index in [1.807, 2.05) is 95.0 Å². The van der Waals surface area contributed by atoms with Gasteiger partial charge in [0.2, 0.25) is 23.6 Å². The number of methoxy groups -OCH3 is 2. The van der Waals surface area contributed by atoms with Gasteiger partial charge in [-0.1, -0.05) is 15.9 Å². The smallest absolute Gasteiger partial charge is 0.230 e. The zero-order valence-corrected chi connectivity index (χ0v) is 42.0. The second kappa shape index (κ2) is 24.6. The number of piperazine rings is 2. The van der Waals surface area contributed by atoms with E-state index in [1.165, 1.54) is 12.7 Å². The molecule has 4 aromatic carbocycles. The number of halogens is 1. The fraction of sp³-hybridized carbons (Fsp3) is 0.346. The van der Waals surface area contributed by atoms with Crippen LogP contribution in [-0.2, 0) is 9.59 Å². The number of aromatic amines is 2. The number of aromatic nitrogens is 6. The van der Waals surface area contributed by atoms with Gasteiger partial charge < -0.3 is 53.5 Å². The number of rotatable bonds is 15. The van der Waals surface area contributed by atoms with Gasteiger partial charge in [0.25, 0.3) is 0 Å². The van der Waals surface area contributed by atoms with Gasteiger partial charge in [0.05, 0.1) is 49.2 Å². The number of nitrogens with one attached hydrogen (secondary N) is 3. The van der Waals surface area contributed by atoms with Crippen molar-refractivity contribution >= 4 is 71.4 Å². The van der Waals surface area contributed by atoms with Crippen LogP contribution in [0.3, 0.4) is 0 Å². The van der Waals surface area contributed by atoms with E-state index in [4.69, 9.17) is 28.4 Å². The monoisotopic (exact) mass is 1030 g/mol. The minimum absolute atomic E-state index is 0.149. The molecule has 10 rings (SSSR count). The van der Waals surface area contributed by atoms with Gasteiger partial charge in [-0.3, -0.25) is 14.5 Å². The average Bonchev–Trinajstić information content (AvgIpc) is 4.08. The highest BCUT2D eigenvalue weighted by Crippen LogP contribution is 2.38. The van der Waals surface area contributed by atoms with Gasteiger partial charge in [0.1, 0.15) is 24.2 Å². The van der Waals surface area contributed by atoms with Crippen LogP contribution in [0.15, 0.2) is 97.8 Å². The Labute approximate surface area is 420 Å². The van der Waals surface area contributed by atoms with Crippen LogP contribution in [0.4, 0.5) is 0 Å². The molecule has 18 nitrogen and oxygen atoms in total. The first-order valence-corrected chi connectivity index (χ1v) is 24.7. The number of ether oxygens (including phenoxy) is 6. The minimum Gasteiger partial charge on any atom is -0.493 e. The van der Waals surface area contributed by atoms with Gasteiger partial charge in [-0.25, -0.2) is 19.9 Å². The van der Waals surface area contributed by atoms with E-state index in [2.05, 4.69) is 56.1 Å². The van der Waals surface area contributed by atoms with Crippen LogP contribution in [0, 0.1) is 0 Å². The third-order valence-electron chi connectivity index (χ3n) is 12.0. The molecule has 2 aliphatic rings. The van der Waals surface area contributed by atoms with Gasteiger partial charge >= 0.3 is 0 Å². The van der Waals surface area contributed by atoms with E-state index >= 15 is 0 Å². The number of amides is 2. The Hall–Kier alpha value is -7.22. The number of H-pyrrole nitrogens is 2. The highest BCUT2D eigenvalue weighted by atomic mass is 79.9. The summed E-state index contributed by atoms with van der Waals surface area (Å²) < 4.78 is 35.1. The van der Waals surface area contributed by atoms with E-state index in [0.29, 0.717) is 65.0 Å². The van der Waals surface area contributed by atoms with Crippen LogP contribution >= 0.6 is 15.9 Å². The molecular formula is C52H59BrN10O8. The van der Waals surface area contributed by atoms with Crippen LogP contribution in [0.5, 0.6) is 46.3 Å². The van der Waals surface area contributed by atoms with Crippen molar-refractivity contribution in [2.24, 2.45) is 0 Å². The summed E-state index contributed by atoms with van der Waals surface area (Å²) in [5, 5.41) is 7.70. The number of carbonyl (C=O) groups excluding carboxylic acids is 2. The Morgan fingerprint density at radius 3 is 1.55 bits per heavy atom. The molecule has 71 heavy (non-hydrogen) atoms. The first-order valence-electron chi connectivity index (χ1n) is 23.6. The molecule has 2 aliphatic heterocycles. The number of fused-ring (bicyclic) bond motifs is 4. The van der Waals surface area contributed by atoms with Crippen molar-refractivity contribution in [3.63, 3.8) is 0 Å². The second-order valence-electron chi connectivity index (χ2n) is 16.8. The molecule has 0 radical (unpaired) electrons. The van der Waals surface area contributed by atoms with Gasteiger partial charge in [-0.05, 0) is 73.5 Å². The molecule has 19 heteroatoms. The van der Waals surface area contributed by atoms with Crippen molar-refractivity contribution < 1.29 is 38.0 Å². The quantitative estimate of drug-likeness (QED) is 0.0655. The molecule has 2 amide bonds. The highest BCUT2D eigenvalue weighted by molar-refractivity contribution is 9.09. The number of benzene rings is 4. The molecule has 372 valence electrons. The molecule has 0 aliphatic carbocycles. The summed E-state index contributed by atoms with van der Waals surface area (Å²) >= 11 is 3.40. The van der Waals surface area contributed by atoms with Gasteiger partial charge in [-0.15, -0.1) is 0 Å². The number of hydrogen-bond acceptors (Lipinski definition) is 14. The van der Waals surface area contributed by atoms with E-state index < -0.39 is 0 Å². The predicted molar refractivity (Wildman–Crippen MR) is 277 cm³/mol. The van der Waals surface area contributed by atoms with Crippen molar-refractivity contribution in [3.05, 3.63) is 97.8 Å². The molecule has 8 aromatic rings. The molecule has 0 atom stereocenters. The largest absolute Gasteiger partial charge is 0.493 e. The van der Waals surface area contributed by atoms with Crippen LogP contribution in [0.1, 0.15) is 26.7 Å². The van der Waals surface area contributed by atoms with Crippen LogP contribution in [0.2, 0.25) is 0 Å². The van der Waals surface area contributed by atoms with E-state index in [-0.39, 0.29) is 11.8 Å². The standard InChI is InChI=1S/C26H29N5O4.C20H18BrN3O3.C6H12N2O/c1-18(32)31-11-9-30(10-12-31)8-3-13-34-25-16-23-21(15-24(25)33-2)26(29-17-28-23)35-20-4-5-22-19(14-20)6-7-27-22;1-25-18-10-15-17(11-19(18)26-8-2-6-21)23-12-24-20(15)27-14-3-4-16-13(9-14)5-7-22-16;1-6(9)8-4-2-7-3-5-8/h4-7,14-17,27H,3,8-13H2,1-2H3;3-5,7,9-12,22H,2,6,8H2,1H3;7H,2-5H2,1H3. The normalized spacial score (nSPS) is 13.8. The topological polar surface area (TPSA) is 194 Å². The lowest BCUT2D eigenvalue weighted by Gasteiger charge is -2.34. The molecule has 0 spiro atoms. The Bertz CT molecular complexity index is 3040. The summed E-state index contributed by atoms with van der Waals surface area (Å²) in [5.74, 6) is 5.20. The van der Waals surface area contributed by atoms with E-state index in [0.717, 1.165) is 115 Å². The zero-order valence-electron chi connectivity index (χ0n) is 40.4. The Morgan fingerprint density at radius 1 is 0.592 bits per heavy atom. The lowest BCUT2D eigenvalue weighted by atomic mass is 10.2. The maximum absolute atomic E-state index is 11.5. The minimum atomic E-state index is 0.149. The Balaban J connectivity index is 0.000000166. The van der Waals surface area contributed by atoms with Gasteiger partial charge in [0, 0.05) is 124 Å². The molecule has 2 saturated heterocycles. The Morgan fingerprint density at radius 2 is 1.08 bits per heavy atom. The first-order chi connectivity index (χ1) is 34.7. The third-order valence-corrected chi connectivity index (χ3v) is 12.6. The molecular weight excluding hydrogens is 973 g/mol. The first kappa shape index (κ1) is 50.2. The predicted octanol–water partition coefficient (Wildman–Crippen LogP) is 8.36. The number of alkyl halides is 1. The van der Waals surface area contributed by atoms with Crippen LogP contribution < -0.4 is 33.7 Å². The van der Waals surface area contributed by atoms with E-state index in [1.54, 1.807) is 28.1 Å². The van der Waals surface area contributed by atoms with Gasteiger partial charge in [-0.2, -0.15) is 0 Å². The zero-order chi connectivity index (χ0) is 49.5. The summed E-state index contributed by atoms with van der Waals surface area (Å²) in [6, 6.07) is 23.1. The Kier molecular flexibility index (Phi) is 17.4. The summed E-state index contributed by atoms with van der Waals surface area (Å²) in [5.41, 5.74) is 3.56. The number of hydrogen-bond donors (Lipinski definition) is 3. The molecule has 3 N–H and O–H groups in total. The molecule has 0 saturated carbocycles. The summed E-state index contributed by atoms with van der Waals surface area (Å²) in [6.07, 6.45) is 8.55. The van der Waals surface area contributed by atoms with Crippen molar-refractivity contribution in [2.45, 2.75) is 26.7 Å². The maximum Gasteiger partial charge on any atom is 0.230 e. The molecule has 2 fully saturated rings. The van der Waals surface area contributed by atoms with Crippen molar-refractivity contribution in [1.29, 1.82) is 0 Å². The van der Waals surface area contributed by atoms with Crippen molar-refractivity contribution in [2.75, 3.05) is 91.7 Å². The summed E-state index contributed by atoms with van der Waals surface area (Å²) in [4.78, 5) is 52.1. The molecule has 6 heterocycles. The number of carbonyl (C=O) groups is 2. The van der Waals surface area contributed by atoms with Gasteiger partial charge in [0.15, 0.2) is 23.0 Å². The average molecular weight is 1030 g/mol. The number of nitrogens with zero attached hydrogens (tertiary/aromatic N) is 7. The molecule has 0 bridgehead atoms. The van der Waals surface area contributed by atoms with Crippen molar-refractivity contribution in [1.82, 2.24) is 49.9 Å². The molecule has 0 unspecified atom stereocenters.